The summed E-state index contributed by atoms with van der Waals surface area (Å²) in [6, 6.07) is 76.4. The van der Waals surface area contributed by atoms with Crippen LogP contribution in [-0.4, -0.2) is 42.8 Å². The first-order valence-electron chi connectivity index (χ1n) is 25.4. The summed E-state index contributed by atoms with van der Waals surface area (Å²) in [6.45, 7) is 0. The highest BCUT2D eigenvalue weighted by Crippen LogP contribution is 2.52. The van der Waals surface area contributed by atoms with E-state index in [4.69, 9.17) is 0 Å². The monoisotopic (exact) mass is 1120 g/mol. The first-order valence-corrected chi connectivity index (χ1v) is 31.3. The minimum atomic E-state index is -4.15. The molecule has 0 aliphatic rings. The van der Waals surface area contributed by atoms with Gasteiger partial charge in [0, 0.05) is 44.0 Å². The van der Waals surface area contributed by atoms with Crippen molar-refractivity contribution in [1.82, 2.24) is 9.13 Å². The van der Waals surface area contributed by atoms with Crippen molar-refractivity contribution in [2.45, 2.75) is 39.2 Å². The Balaban J connectivity index is 1.03. The lowest BCUT2D eigenvalue weighted by molar-refractivity contribution is 0.592. The van der Waals surface area contributed by atoms with Gasteiger partial charge < -0.3 is 9.13 Å². The van der Waals surface area contributed by atoms with E-state index in [9.17, 15) is 33.7 Å². The largest absolute Gasteiger partial charge is 0.309 e. The number of hydrogen-bond donors (Lipinski definition) is 0. The second kappa shape index (κ2) is 19.3. The summed E-state index contributed by atoms with van der Waals surface area (Å²) in [4.78, 5) is 0.0577. The number of sulfone groups is 4. The standard InChI is InChI=1S/C66H44N2O8S4/c69-77(70,49-21-9-3-10-22-49)53-37-41-55(42-38-53)79(73,74)51-33-29-45(30-34-51)61-64-58-26-14-16-28-60(58)68(48-19-7-2-8-20-48)66(64)62(63-57-25-13-15-27-59(57)67(65(61)63)47-17-5-1-6-18-47)46-31-35-52(36-32-46)80(75,76)56-43-39-54(40-44-56)78(71,72)50-23-11-4-12-24-50/h1-44H. The molecule has 390 valence electrons. The highest BCUT2D eigenvalue weighted by Gasteiger charge is 2.31. The Morgan fingerprint density at radius 1 is 0.225 bits per heavy atom. The van der Waals surface area contributed by atoms with Gasteiger partial charge in [0.05, 0.1) is 61.2 Å². The fourth-order valence-electron chi connectivity index (χ4n) is 10.9. The van der Waals surface area contributed by atoms with Gasteiger partial charge in [0.25, 0.3) is 0 Å². The molecule has 0 amide bonds. The van der Waals surface area contributed by atoms with Crippen molar-refractivity contribution in [3.63, 3.8) is 0 Å². The molecular formula is C66H44N2O8S4. The summed E-state index contributed by atoms with van der Waals surface area (Å²) in [7, 11) is -16.1. The number of benzene rings is 11. The van der Waals surface area contributed by atoms with E-state index in [2.05, 4.69) is 33.4 Å². The topological polar surface area (TPSA) is 146 Å². The van der Waals surface area contributed by atoms with Crippen LogP contribution in [0.4, 0.5) is 0 Å². The molecule has 0 unspecified atom stereocenters. The van der Waals surface area contributed by atoms with Crippen LogP contribution in [0.25, 0.3) is 77.2 Å². The Kier molecular flexibility index (Phi) is 12.2. The molecule has 0 fully saturated rings. The van der Waals surface area contributed by atoms with Crippen LogP contribution in [-0.2, 0) is 39.3 Å². The minimum absolute atomic E-state index is 0.0162. The summed E-state index contributed by atoms with van der Waals surface area (Å²) in [5, 5.41) is 3.54. The zero-order valence-electron chi connectivity index (χ0n) is 42.2. The lowest BCUT2D eigenvalue weighted by Crippen LogP contribution is -2.05. The van der Waals surface area contributed by atoms with Gasteiger partial charge in [-0.25, -0.2) is 33.7 Å². The highest BCUT2D eigenvalue weighted by molar-refractivity contribution is 7.92. The van der Waals surface area contributed by atoms with E-state index in [0.29, 0.717) is 0 Å². The van der Waals surface area contributed by atoms with E-state index < -0.39 is 39.3 Å². The third kappa shape index (κ3) is 8.17. The van der Waals surface area contributed by atoms with E-state index >= 15 is 0 Å². The Hall–Kier alpha value is -9.18. The maximum absolute atomic E-state index is 14.5. The Bertz CT molecular complexity index is 4710. The van der Waals surface area contributed by atoms with E-state index in [1.165, 1.54) is 72.8 Å². The molecule has 80 heavy (non-hydrogen) atoms. The quantitative estimate of drug-likeness (QED) is 0.117. The van der Waals surface area contributed by atoms with Crippen LogP contribution in [0.5, 0.6) is 0 Å². The Labute approximate surface area is 462 Å². The van der Waals surface area contributed by atoms with Gasteiger partial charge in [-0.15, -0.1) is 0 Å². The second-order valence-corrected chi connectivity index (χ2v) is 27.0. The molecule has 0 bridgehead atoms. The van der Waals surface area contributed by atoms with Crippen LogP contribution in [0.2, 0.25) is 0 Å². The number of rotatable bonds is 12. The average Bonchev–Trinajstić information content (AvgIpc) is 4.23. The molecule has 0 N–H and O–H groups in total. The summed E-state index contributed by atoms with van der Waals surface area (Å²) in [5.41, 5.74) is 8.26. The summed E-state index contributed by atoms with van der Waals surface area (Å²) < 4.78 is 116. The van der Waals surface area contributed by atoms with Gasteiger partial charge >= 0.3 is 0 Å². The van der Waals surface area contributed by atoms with Gasteiger partial charge in [-0.3, -0.25) is 0 Å². The summed E-state index contributed by atoms with van der Waals surface area (Å²) in [6.07, 6.45) is 0. The van der Waals surface area contributed by atoms with E-state index in [1.54, 1.807) is 60.7 Å². The summed E-state index contributed by atoms with van der Waals surface area (Å²) in [5.74, 6) is 0. The molecule has 14 heteroatoms. The molecule has 0 saturated carbocycles. The van der Waals surface area contributed by atoms with Crippen molar-refractivity contribution < 1.29 is 33.7 Å². The zero-order chi connectivity index (χ0) is 55.0. The predicted octanol–water partition coefficient (Wildman–Crippen LogP) is 14.5. The van der Waals surface area contributed by atoms with Crippen molar-refractivity contribution >= 4 is 83.0 Å². The predicted molar refractivity (Wildman–Crippen MR) is 314 cm³/mol. The maximum atomic E-state index is 14.5. The molecule has 11 aromatic carbocycles. The lowest BCUT2D eigenvalue weighted by atomic mass is 9.90. The van der Waals surface area contributed by atoms with Crippen molar-refractivity contribution in [1.29, 1.82) is 0 Å². The molecule has 2 heterocycles. The number of aromatic nitrogens is 2. The normalized spacial score (nSPS) is 12.4. The molecule has 0 saturated heterocycles. The van der Waals surface area contributed by atoms with Gasteiger partial charge in [-0.1, -0.05) is 133 Å². The number of fused-ring (bicyclic) bond motifs is 6. The first-order chi connectivity index (χ1) is 38.7. The number of para-hydroxylation sites is 4. The van der Waals surface area contributed by atoms with Crippen molar-refractivity contribution in [2.75, 3.05) is 0 Å². The number of hydrogen-bond acceptors (Lipinski definition) is 8. The Morgan fingerprint density at radius 3 is 0.738 bits per heavy atom. The van der Waals surface area contributed by atoms with Crippen LogP contribution in [0.1, 0.15) is 0 Å². The third-order valence-electron chi connectivity index (χ3n) is 14.7. The molecule has 13 rings (SSSR count). The van der Waals surface area contributed by atoms with Gasteiger partial charge in [0.1, 0.15) is 0 Å². The fourth-order valence-corrected chi connectivity index (χ4v) is 16.0. The van der Waals surface area contributed by atoms with Crippen molar-refractivity contribution in [2.24, 2.45) is 0 Å². The van der Waals surface area contributed by atoms with Crippen LogP contribution in [0, 0.1) is 0 Å². The van der Waals surface area contributed by atoms with Crippen molar-refractivity contribution in [3.8, 4) is 33.6 Å². The van der Waals surface area contributed by atoms with E-state index in [-0.39, 0.29) is 39.2 Å². The molecule has 0 atom stereocenters. The molecule has 0 radical (unpaired) electrons. The molecule has 0 aliphatic heterocycles. The fraction of sp³-hybridized carbons (Fsp3) is 0. The van der Waals surface area contributed by atoms with Gasteiger partial charge in [0.15, 0.2) is 0 Å². The van der Waals surface area contributed by atoms with Gasteiger partial charge in [-0.2, -0.15) is 0 Å². The second-order valence-electron chi connectivity index (χ2n) is 19.2. The SMILES string of the molecule is O=S(=O)(c1ccccc1)c1ccc(S(=O)(=O)c2ccc(-c3c4c5ccccc5n(-c5ccccc5)c4c(-c4ccc(S(=O)(=O)c5ccc(S(=O)(=O)c6ccccc6)cc5)cc4)c4c5ccccc5n(-c5ccccc5)c34)cc2)cc1. The molecule has 2 aromatic heterocycles. The molecule has 10 nitrogen and oxygen atoms in total. The number of nitrogens with zero attached hydrogens (tertiary/aromatic N) is 2. The van der Waals surface area contributed by atoms with Crippen LogP contribution in [0.3, 0.4) is 0 Å². The summed E-state index contributed by atoms with van der Waals surface area (Å²) >= 11 is 0. The molecule has 13 aromatic rings. The minimum Gasteiger partial charge on any atom is -0.309 e. The van der Waals surface area contributed by atoms with Crippen LogP contribution in [0.15, 0.2) is 306 Å². The van der Waals surface area contributed by atoms with Gasteiger partial charge in [0.2, 0.25) is 39.3 Å². The first kappa shape index (κ1) is 50.3. The molecule has 0 spiro atoms. The highest BCUT2D eigenvalue weighted by atomic mass is 32.2. The smallest absolute Gasteiger partial charge is 0.206 e. The average molecular weight is 1120 g/mol. The van der Waals surface area contributed by atoms with E-state index in [1.807, 2.05) is 109 Å². The third-order valence-corrected chi connectivity index (χ3v) is 21.8. The molecular weight excluding hydrogens is 1080 g/mol. The van der Waals surface area contributed by atoms with Crippen LogP contribution >= 0.6 is 0 Å². The van der Waals surface area contributed by atoms with Gasteiger partial charge in [-0.05, 0) is 145 Å². The molecule has 0 aliphatic carbocycles. The van der Waals surface area contributed by atoms with Crippen molar-refractivity contribution in [3.05, 3.63) is 267 Å². The van der Waals surface area contributed by atoms with Crippen LogP contribution < -0.4 is 0 Å². The Morgan fingerprint density at radius 2 is 0.450 bits per heavy atom. The lowest BCUT2D eigenvalue weighted by Gasteiger charge is -2.19. The zero-order valence-corrected chi connectivity index (χ0v) is 45.5. The van der Waals surface area contributed by atoms with E-state index in [0.717, 1.165) is 77.2 Å². The maximum Gasteiger partial charge on any atom is 0.206 e.